The summed E-state index contributed by atoms with van der Waals surface area (Å²) in [6.07, 6.45) is 10.5. The zero-order valence-electron chi connectivity index (χ0n) is 20.5. The van der Waals surface area contributed by atoms with E-state index in [0.29, 0.717) is 35.7 Å². The number of amides is 1. The summed E-state index contributed by atoms with van der Waals surface area (Å²) in [4.78, 5) is 20.1. The molecule has 1 amide bonds. The predicted octanol–water partition coefficient (Wildman–Crippen LogP) is 5.66. The van der Waals surface area contributed by atoms with Crippen LogP contribution in [0.25, 0.3) is 5.65 Å². The van der Waals surface area contributed by atoms with Gasteiger partial charge in [0.05, 0.1) is 16.8 Å². The summed E-state index contributed by atoms with van der Waals surface area (Å²) in [5.41, 5.74) is 4.39. The molecule has 35 heavy (non-hydrogen) atoms. The van der Waals surface area contributed by atoms with Crippen LogP contribution in [0, 0.1) is 5.92 Å². The lowest BCUT2D eigenvalue weighted by molar-refractivity contribution is 0.0281. The third-order valence-corrected chi connectivity index (χ3v) is 7.67. The number of aryl methyl sites for hydroxylation is 1. The van der Waals surface area contributed by atoms with Crippen LogP contribution in [0.4, 0.5) is 5.69 Å². The number of aromatic nitrogens is 2. The highest BCUT2D eigenvalue weighted by Gasteiger charge is 2.23. The molecule has 5 rings (SSSR count). The van der Waals surface area contributed by atoms with Gasteiger partial charge in [-0.15, -0.1) is 0 Å². The van der Waals surface area contributed by atoms with Gasteiger partial charge in [-0.1, -0.05) is 43.5 Å². The van der Waals surface area contributed by atoms with E-state index in [0.717, 1.165) is 36.6 Å². The molecule has 7 heteroatoms. The number of rotatable bonds is 8. The molecule has 6 nitrogen and oxygen atoms in total. The van der Waals surface area contributed by atoms with Crippen LogP contribution in [0.2, 0.25) is 5.02 Å². The van der Waals surface area contributed by atoms with Crippen molar-refractivity contribution in [3.63, 3.8) is 0 Å². The van der Waals surface area contributed by atoms with E-state index in [2.05, 4.69) is 39.5 Å². The number of hydrogen-bond donors (Lipinski definition) is 1. The number of fused-ring (bicyclic) bond motifs is 1. The number of carbonyl (C=O) groups excluding carboxylic acids is 1. The molecule has 1 aliphatic heterocycles. The highest BCUT2D eigenvalue weighted by Crippen LogP contribution is 2.27. The number of anilines is 1. The number of piperidine rings is 1. The fourth-order valence-electron chi connectivity index (χ4n) is 5.33. The molecule has 2 aromatic heterocycles. The first-order chi connectivity index (χ1) is 17.1. The fraction of sp³-hybridized carbons (Fsp3) is 0.500. The van der Waals surface area contributed by atoms with Crippen LogP contribution in [0.3, 0.4) is 0 Å². The van der Waals surface area contributed by atoms with E-state index in [1.807, 2.05) is 13.0 Å². The summed E-state index contributed by atoms with van der Waals surface area (Å²) >= 11 is 6.16. The second kappa shape index (κ2) is 11.0. The van der Waals surface area contributed by atoms with Crippen molar-refractivity contribution >= 4 is 28.8 Å². The maximum Gasteiger partial charge on any atom is 0.270 e. The SMILES string of the molecule is CCc1nc2ccc(Cl)cn2c1C(=O)NCc1ccc(N2CCC(COC3CCCC3)CC2)cc1. The van der Waals surface area contributed by atoms with Gasteiger partial charge in [-0.3, -0.25) is 9.20 Å². The molecule has 0 spiro atoms. The standard InChI is InChI=1S/C28H35ClN4O2/c1-2-25-27(33-18-22(29)9-12-26(33)31-25)28(34)30-17-20-7-10-23(11-8-20)32-15-13-21(14-16-32)19-35-24-5-3-4-6-24/h7-12,18,21,24H,2-6,13-17,19H2,1H3,(H,30,34). The third-order valence-electron chi connectivity index (χ3n) is 7.44. The number of ether oxygens (including phenoxy) is 1. The molecule has 3 heterocycles. The zero-order chi connectivity index (χ0) is 24.2. The Morgan fingerprint density at radius 2 is 1.83 bits per heavy atom. The number of imidazole rings is 1. The summed E-state index contributed by atoms with van der Waals surface area (Å²) < 4.78 is 7.93. The largest absolute Gasteiger partial charge is 0.378 e. The summed E-state index contributed by atoms with van der Waals surface area (Å²) in [5.74, 6) is 0.548. The Labute approximate surface area is 212 Å². The second-order valence-electron chi connectivity index (χ2n) is 9.86. The number of carbonyl (C=O) groups is 1. The quantitative estimate of drug-likeness (QED) is 0.439. The Hall–Kier alpha value is -2.57. The molecule has 0 unspecified atom stereocenters. The van der Waals surface area contributed by atoms with Gasteiger partial charge in [0.1, 0.15) is 11.3 Å². The maximum absolute atomic E-state index is 13.0. The first-order valence-electron chi connectivity index (χ1n) is 13.0. The first kappa shape index (κ1) is 24.1. The molecule has 1 saturated heterocycles. The lowest BCUT2D eigenvalue weighted by Gasteiger charge is -2.34. The number of hydrogen-bond acceptors (Lipinski definition) is 4. The molecule has 0 atom stereocenters. The van der Waals surface area contributed by atoms with Crippen LogP contribution < -0.4 is 10.2 Å². The topological polar surface area (TPSA) is 58.9 Å². The first-order valence-corrected chi connectivity index (χ1v) is 13.4. The smallest absolute Gasteiger partial charge is 0.270 e. The average molecular weight is 495 g/mol. The summed E-state index contributed by atoms with van der Waals surface area (Å²) in [6.45, 7) is 5.55. The van der Waals surface area contributed by atoms with Crippen molar-refractivity contribution in [1.82, 2.24) is 14.7 Å². The molecule has 2 fully saturated rings. The van der Waals surface area contributed by atoms with E-state index in [1.54, 1.807) is 16.7 Å². The Morgan fingerprint density at radius 3 is 2.54 bits per heavy atom. The van der Waals surface area contributed by atoms with E-state index < -0.39 is 0 Å². The van der Waals surface area contributed by atoms with Crippen LogP contribution >= 0.6 is 11.6 Å². The van der Waals surface area contributed by atoms with Crippen LogP contribution in [-0.4, -0.2) is 41.1 Å². The summed E-state index contributed by atoms with van der Waals surface area (Å²) in [7, 11) is 0. The number of benzene rings is 1. The Balaban J connectivity index is 1.14. The van der Waals surface area contributed by atoms with Crippen molar-refractivity contribution in [2.24, 2.45) is 5.92 Å². The molecule has 1 N–H and O–H groups in total. The molecule has 0 radical (unpaired) electrons. The third kappa shape index (κ3) is 5.65. The van der Waals surface area contributed by atoms with Crippen molar-refractivity contribution in [1.29, 1.82) is 0 Å². The van der Waals surface area contributed by atoms with Gasteiger partial charge in [-0.05, 0) is 67.9 Å². The highest BCUT2D eigenvalue weighted by atomic mass is 35.5. The zero-order valence-corrected chi connectivity index (χ0v) is 21.3. The van der Waals surface area contributed by atoms with Crippen molar-refractivity contribution in [3.8, 4) is 0 Å². The van der Waals surface area contributed by atoms with Crippen molar-refractivity contribution in [2.45, 2.75) is 64.5 Å². The van der Waals surface area contributed by atoms with E-state index >= 15 is 0 Å². The van der Waals surface area contributed by atoms with Crippen molar-refractivity contribution in [3.05, 3.63) is 64.6 Å². The summed E-state index contributed by atoms with van der Waals surface area (Å²) in [6, 6.07) is 12.2. The molecule has 186 valence electrons. The van der Waals surface area contributed by atoms with Gasteiger partial charge in [-0.2, -0.15) is 0 Å². The normalized spacial score (nSPS) is 17.4. The lowest BCUT2D eigenvalue weighted by atomic mass is 9.97. The van der Waals surface area contributed by atoms with Crippen LogP contribution in [0.15, 0.2) is 42.6 Å². The van der Waals surface area contributed by atoms with E-state index in [-0.39, 0.29) is 5.91 Å². The number of nitrogens with zero attached hydrogens (tertiary/aromatic N) is 3. The Kier molecular flexibility index (Phi) is 7.59. The van der Waals surface area contributed by atoms with E-state index in [9.17, 15) is 4.79 Å². The molecule has 3 aromatic rings. The maximum atomic E-state index is 13.0. The molecule has 1 aliphatic carbocycles. The fourth-order valence-corrected chi connectivity index (χ4v) is 5.49. The molecular formula is C28H35ClN4O2. The van der Waals surface area contributed by atoms with Gasteiger partial charge < -0.3 is 15.0 Å². The van der Waals surface area contributed by atoms with Gasteiger partial charge in [0.15, 0.2) is 0 Å². The van der Waals surface area contributed by atoms with Gasteiger partial charge in [0, 0.05) is 38.1 Å². The van der Waals surface area contributed by atoms with Crippen LogP contribution in [-0.2, 0) is 17.7 Å². The van der Waals surface area contributed by atoms with Crippen LogP contribution in [0.1, 0.15) is 67.2 Å². The Bertz CT molecular complexity index is 1150. The molecular weight excluding hydrogens is 460 g/mol. The second-order valence-corrected chi connectivity index (χ2v) is 10.3. The molecule has 1 aromatic carbocycles. The number of halogens is 1. The van der Waals surface area contributed by atoms with E-state index in [4.69, 9.17) is 16.3 Å². The summed E-state index contributed by atoms with van der Waals surface area (Å²) in [5, 5.41) is 3.64. The van der Waals surface area contributed by atoms with Crippen molar-refractivity contribution in [2.75, 3.05) is 24.6 Å². The monoisotopic (exact) mass is 494 g/mol. The minimum atomic E-state index is -0.136. The average Bonchev–Trinajstić information content (AvgIpc) is 3.54. The Morgan fingerprint density at radius 1 is 1.09 bits per heavy atom. The number of nitrogens with one attached hydrogen (secondary N) is 1. The van der Waals surface area contributed by atoms with Crippen LogP contribution in [0.5, 0.6) is 0 Å². The molecule has 1 saturated carbocycles. The van der Waals surface area contributed by atoms with E-state index in [1.165, 1.54) is 44.2 Å². The highest BCUT2D eigenvalue weighted by molar-refractivity contribution is 6.30. The van der Waals surface area contributed by atoms with Gasteiger partial charge >= 0.3 is 0 Å². The predicted molar refractivity (Wildman–Crippen MR) is 140 cm³/mol. The lowest BCUT2D eigenvalue weighted by Crippen LogP contribution is -2.35. The van der Waals surface area contributed by atoms with Gasteiger partial charge in [-0.25, -0.2) is 4.98 Å². The van der Waals surface area contributed by atoms with Gasteiger partial charge in [0.2, 0.25) is 0 Å². The molecule has 0 bridgehead atoms. The minimum Gasteiger partial charge on any atom is -0.378 e. The molecule has 2 aliphatic rings. The number of pyridine rings is 1. The van der Waals surface area contributed by atoms with Crippen molar-refractivity contribution < 1.29 is 9.53 Å². The van der Waals surface area contributed by atoms with Gasteiger partial charge in [0.25, 0.3) is 5.91 Å². The minimum absolute atomic E-state index is 0.136.